The van der Waals surface area contributed by atoms with Crippen LogP contribution in [0.25, 0.3) is 22.3 Å². The van der Waals surface area contributed by atoms with Gasteiger partial charge in [-0.2, -0.15) is 3.71 Å². The lowest BCUT2D eigenvalue weighted by Gasteiger charge is -2.22. The molecular weight excluding hydrogens is 461 g/mol. The molecule has 0 aliphatic heterocycles. The molecule has 0 amide bonds. The quantitative estimate of drug-likeness (QED) is 0.567. The molecule has 8 nitrogen and oxygen atoms in total. The Morgan fingerprint density at radius 3 is 2.22 bits per heavy atom. The van der Waals surface area contributed by atoms with Gasteiger partial charge in [0.1, 0.15) is 17.0 Å². The Labute approximate surface area is 184 Å². The van der Waals surface area contributed by atoms with Gasteiger partial charge in [0.2, 0.25) is 20.0 Å². The summed E-state index contributed by atoms with van der Waals surface area (Å²) in [4.78, 5) is 12.1. The van der Waals surface area contributed by atoms with Gasteiger partial charge in [-0.05, 0) is 55.0 Å². The minimum Gasteiger partial charge on any atom is -0.478 e. The fraction of sp³-hybridized carbons (Fsp3) is 0.286. The van der Waals surface area contributed by atoms with Gasteiger partial charge in [-0.1, -0.05) is 6.07 Å². The summed E-state index contributed by atoms with van der Waals surface area (Å²) in [5, 5.41) is 10.00. The average Bonchev–Trinajstić information content (AvgIpc) is 3.39. The number of carboxylic acid groups (broad SMARTS) is 1. The first-order chi connectivity index (χ1) is 14.8. The minimum atomic E-state index is -4.23. The van der Waals surface area contributed by atoms with Crippen molar-refractivity contribution < 1.29 is 35.5 Å². The molecule has 1 aromatic heterocycles. The molecular formula is C21H20FNO7S2. The van der Waals surface area contributed by atoms with Crippen LogP contribution < -0.4 is 3.71 Å². The fourth-order valence-electron chi connectivity index (χ4n) is 3.84. The van der Waals surface area contributed by atoms with Crippen LogP contribution in [0.5, 0.6) is 0 Å². The molecule has 0 radical (unpaired) electrons. The number of aryl methyl sites for hydroxylation is 1. The van der Waals surface area contributed by atoms with Gasteiger partial charge in [-0.15, -0.1) is 0 Å². The molecule has 3 aromatic rings. The number of carbonyl (C=O) groups is 1. The molecule has 0 unspecified atom stereocenters. The Morgan fingerprint density at radius 1 is 1.09 bits per heavy atom. The molecule has 4 rings (SSSR count). The number of fused-ring (bicyclic) bond motifs is 1. The maximum Gasteiger partial charge on any atom is 0.340 e. The lowest BCUT2D eigenvalue weighted by molar-refractivity contribution is 0.0699. The predicted octanol–water partition coefficient (Wildman–Crippen LogP) is 3.85. The molecule has 1 N–H and O–H groups in total. The lowest BCUT2D eigenvalue weighted by Crippen LogP contribution is -2.35. The Kier molecular flexibility index (Phi) is 5.09. The second-order valence-electron chi connectivity index (χ2n) is 8.00. The maximum atomic E-state index is 14.6. The van der Waals surface area contributed by atoms with Crippen molar-refractivity contribution in [1.82, 2.24) is 0 Å². The third kappa shape index (κ3) is 3.86. The maximum absolute atomic E-state index is 14.6. The van der Waals surface area contributed by atoms with Gasteiger partial charge in [-0.3, -0.25) is 0 Å². The Balaban J connectivity index is 2.08. The molecule has 1 saturated carbocycles. The van der Waals surface area contributed by atoms with Crippen LogP contribution in [0.3, 0.4) is 0 Å². The summed E-state index contributed by atoms with van der Waals surface area (Å²) in [6.45, 7) is 1.68. The number of aromatic carboxylic acids is 1. The van der Waals surface area contributed by atoms with Gasteiger partial charge in [0.15, 0.2) is 5.76 Å². The lowest BCUT2D eigenvalue weighted by atomic mass is 10.0. The highest BCUT2D eigenvalue weighted by atomic mass is 32.3. The number of rotatable bonds is 6. The van der Waals surface area contributed by atoms with E-state index in [0.29, 0.717) is 27.7 Å². The van der Waals surface area contributed by atoms with Gasteiger partial charge < -0.3 is 9.52 Å². The number of halogens is 1. The number of nitrogens with zero attached hydrogens (tertiary/aromatic N) is 1. The molecule has 0 bridgehead atoms. The van der Waals surface area contributed by atoms with Crippen LogP contribution in [0.4, 0.5) is 10.1 Å². The van der Waals surface area contributed by atoms with Crippen molar-refractivity contribution in [1.29, 1.82) is 0 Å². The number of sulfonamides is 2. The van der Waals surface area contributed by atoms with Gasteiger partial charge in [-0.25, -0.2) is 26.0 Å². The highest BCUT2D eigenvalue weighted by Crippen LogP contribution is 2.48. The SMILES string of the molecule is Cc1ccc(-c2oc3cc(N(S(C)(=O)=O)S(C)(=O)=O)c(C4CC4)cc3c2C(=O)O)c(F)c1. The molecule has 1 aliphatic rings. The monoisotopic (exact) mass is 481 g/mol. The van der Waals surface area contributed by atoms with Crippen LogP contribution in [0, 0.1) is 12.7 Å². The Bertz CT molecular complexity index is 1450. The number of anilines is 1. The first kappa shape index (κ1) is 22.3. The van der Waals surface area contributed by atoms with E-state index in [1.807, 2.05) is 0 Å². The summed E-state index contributed by atoms with van der Waals surface area (Å²) in [6, 6.07) is 6.88. The first-order valence-corrected chi connectivity index (χ1v) is 13.3. The zero-order chi connectivity index (χ0) is 23.6. The standard InChI is InChI=1S/C21H20FNO7S2/c1-11-4-7-13(16(22)8-11)20-19(21(24)25)15-9-14(12-5-6-12)17(10-18(15)30-20)23(31(2,26)27)32(3,28)29/h4,7-10,12H,5-6H2,1-3H3,(H,24,25). The summed E-state index contributed by atoms with van der Waals surface area (Å²) in [5.74, 6) is -2.38. The normalized spacial score (nSPS) is 14.6. The summed E-state index contributed by atoms with van der Waals surface area (Å²) in [7, 11) is -8.46. The van der Waals surface area contributed by atoms with Crippen LogP contribution in [-0.4, -0.2) is 40.4 Å². The van der Waals surface area contributed by atoms with E-state index in [-0.39, 0.29) is 39.5 Å². The smallest absolute Gasteiger partial charge is 0.340 e. The number of carboxylic acids is 1. The third-order valence-corrected chi connectivity index (χ3v) is 8.46. The van der Waals surface area contributed by atoms with E-state index in [0.717, 1.165) is 12.5 Å². The molecule has 1 fully saturated rings. The number of hydrogen-bond acceptors (Lipinski definition) is 6. The third-order valence-electron chi connectivity index (χ3n) is 5.24. The van der Waals surface area contributed by atoms with Crippen LogP contribution >= 0.6 is 0 Å². The van der Waals surface area contributed by atoms with E-state index in [2.05, 4.69) is 0 Å². The minimum absolute atomic E-state index is 0.0610. The Morgan fingerprint density at radius 2 is 1.72 bits per heavy atom. The van der Waals surface area contributed by atoms with Crippen molar-refractivity contribution in [2.75, 3.05) is 16.2 Å². The van der Waals surface area contributed by atoms with E-state index in [9.17, 15) is 31.1 Å². The van der Waals surface area contributed by atoms with Crippen LogP contribution in [-0.2, 0) is 20.0 Å². The molecule has 0 saturated heterocycles. The fourth-order valence-corrected chi connectivity index (χ4v) is 6.84. The highest BCUT2D eigenvalue weighted by Gasteiger charge is 2.36. The van der Waals surface area contributed by atoms with Crippen molar-refractivity contribution in [3.05, 3.63) is 52.8 Å². The summed E-state index contributed by atoms with van der Waals surface area (Å²) < 4.78 is 70.1. The van der Waals surface area contributed by atoms with Gasteiger partial charge >= 0.3 is 5.97 Å². The van der Waals surface area contributed by atoms with E-state index < -0.39 is 31.8 Å². The van der Waals surface area contributed by atoms with Crippen LogP contribution in [0.1, 0.15) is 40.2 Å². The average molecular weight is 482 g/mol. The van der Waals surface area contributed by atoms with Gasteiger partial charge in [0.25, 0.3) is 0 Å². The van der Waals surface area contributed by atoms with Crippen LogP contribution in [0.2, 0.25) is 0 Å². The van der Waals surface area contributed by atoms with Gasteiger partial charge in [0.05, 0.1) is 23.8 Å². The topological polar surface area (TPSA) is 122 Å². The molecule has 170 valence electrons. The summed E-state index contributed by atoms with van der Waals surface area (Å²) >= 11 is 0. The van der Waals surface area contributed by atoms with E-state index in [1.54, 1.807) is 13.0 Å². The number of furan rings is 1. The zero-order valence-corrected chi connectivity index (χ0v) is 19.0. The van der Waals surface area contributed by atoms with Crippen molar-refractivity contribution >= 4 is 42.7 Å². The van der Waals surface area contributed by atoms with E-state index in [4.69, 9.17) is 4.42 Å². The summed E-state index contributed by atoms with van der Waals surface area (Å²) in [6.07, 6.45) is 2.93. The molecule has 0 atom stereocenters. The molecule has 1 heterocycles. The van der Waals surface area contributed by atoms with Crippen molar-refractivity contribution in [3.63, 3.8) is 0 Å². The Hall–Kier alpha value is -2.92. The van der Waals surface area contributed by atoms with Crippen LogP contribution in [0.15, 0.2) is 34.7 Å². The largest absolute Gasteiger partial charge is 0.478 e. The number of benzene rings is 2. The number of hydrogen-bond donors (Lipinski definition) is 1. The molecule has 1 aliphatic carbocycles. The van der Waals surface area contributed by atoms with Gasteiger partial charge in [0, 0.05) is 11.5 Å². The molecule has 32 heavy (non-hydrogen) atoms. The molecule has 2 aromatic carbocycles. The van der Waals surface area contributed by atoms with E-state index >= 15 is 0 Å². The zero-order valence-electron chi connectivity index (χ0n) is 17.4. The molecule has 0 spiro atoms. The van der Waals surface area contributed by atoms with E-state index in [1.165, 1.54) is 24.3 Å². The second-order valence-corrected chi connectivity index (χ2v) is 11.9. The predicted molar refractivity (Wildman–Crippen MR) is 117 cm³/mol. The van der Waals surface area contributed by atoms with Crippen molar-refractivity contribution in [2.45, 2.75) is 25.7 Å². The highest BCUT2D eigenvalue weighted by molar-refractivity contribution is 8.09. The van der Waals surface area contributed by atoms with Crippen molar-refractivity contribution in [2.24, 2.45) is 0 Å². The summed E-state index contributed by atoms with van der Waals surface area (Å²) in [5.41, 5.74) is 0.492. The first-order valence-electron chi connectivity index (χ1n) is 9.59. The van der Waals surface area contributed by atoms with Crippen molar-refractivity contribution in [3.8, 4) is 11.3 Å². The second kappa shape index (κ2) is 7.31. The molecule has 11 heteroatoms.